The molecule has 1 saturated heterocycles. The van der Waals surface area contributed by atoms with Crippen LogP contribution < -0.4 is 4.72 Å². The van der Waals surface area contributed by atoms with E-state index in [2.05, 4.69) is 4.72 Å². The van der Waals surface area contributed by atoms with Gasteiger partial charge in [-0.2, -0.15) is 4.31 Å². The first-order valence-electron chi connectivity index (χ1n) is 7.50. The van der Waals surface area contributed by atoms with Crippen molar-refractivity contribution in [2.75, 3.05) is 37.3 Å². The number of hydrogen-bond acceptors (Lipinski definition) is 6. The molecule has 3 rings (SSSR count). The van der Waals surface area contributed by atoms with Crippen molar-refractivity contribution < 1.29 is 26.7 Å². The SMILES string of the molecule is CS(=O)(=O)Nc1cccc2c(O)c(S(=O)(=O)N3CCOCC3)ccc12. The van der Waals surface area contributed by atoms with Crippen molar-refractivity contribution in [2.24, 2.45) is 0 Å². The molecule has 1 aliphatic heterocycles. The summed E-state index contributed by atoms with van der Waals surface area (Å²) < 4.78 is 57.3. The minimum atomic E-state index is -3.87. The normalized spacial score (nSPS) is 16.8. The van der Waals surface area contributed by atoms with Crippen molar-refractivity contribution in [3.8, 4) is 5.75 Å². The predicted molar refractivity (Wildman–Crippen MR) is 93.7 cm³/mol. The van der Waals surface area contributed by atoms with E-state index >= 15 is 0 Å². The molecule has 0 atom stereocenters. The highest BCUT2D eigenvalue weighted by atomic mass is 32.2. The zero-order valence-corrected chi connectivity index (χ0v) is 15.1. The molecule has 0 amide bonds. The van der Waals surface area contributed by atoms with E-state index in [1.54, 1.807) is 12.1 Å². The van der Waals surface area contributed by atoms with E-state index in [-0.39, 0.29) is 29.1 Å². The third-order valence-electron chi connectivity index (χ3n) is 3.88. The number of anilines is 1. The van der Waals surface area contributed by atoms with E-state index < -0.39 is 25.8 Å². The molecule has 25 heavy (non-hydrogen) atoms. The smallest absolute Gasteiger partial charge is 0.246 e. The van der Waals surface area contributed by atoms with Gasteiger partial charge >= 0.3 is 0 Å². The molecule has 2 aromatic carbocycles. The number of aromatic hydroxyl groups is 1. The molecule has 2 aromatic rings. The monoisotopic (exact) mass is 386 g/mol. The van der Waals surface area contributed by atoms with E-state index in [1.165, 1.54) is 22.5 Å². The van der Waals surface area contributed by atoms with Gasteiger partial charge in [0.2, 0.25) is 20.0 Å². The highest BCUT2D eigenvalue weighted by Crippen LogP contribution is 2.36. The molecule has 136 valence electrons. The van der Waals surface area contributed by atoms with Crippen molar-refractivity contribution in [1.82, 2.24) is 4.31 Å². The van der Waals surface area contributed by atoms with Crippen LogP contribution in [-0.2, 0) is 24.8 Å². The summed E-state index contributed by atoms with van der Waals surface area (Å²) in [5.41, 5.74) is 0.269. The molecule has 0 aliphatic carbocycles. The number of morpholine rings is 1. The summed E-state index contributed by atoms with van der Waals surface area (Å²) in [6.45, 7) is 1.04. The summed E-state index contributed by atoms with van der Waals surface area (Å²) in [6, 6.07) is 7.39. The Bertz CT molecular complexity index is 1010. The number of nitrogens with one attached hydrogen (secondary N) is 1. The molecule has 0 spiro atoms. The summed E-state index contributed by atoms with van der Waals surface area (Å²) in [6.07, 6.45) is 1.02. The van der Waals surface area contributed by atoms with Gasteiger partial charge in [0.1, 0.15) is 10.6 Å². The number of sulfonamides is 2. The Morgan fingerprint density at radius 3 is 2.36 bits per heavy atom. The fraction of sp³-hybridized carbons (Fsp3) is 0.333. The molecule has 0 unspecified atom stereocenters. The lowest BCUT2D eigenvalue weighted by Gasteiger charge is -2.26. The van der Waals surface area contributed by atoms with Crippen molar-refractivity contribution in [3.63, 3.8) is 0 Å². The zero-order chi connectivity index (χ0) is 18.2. The summed E-state index contributed by atoms with van der Waals surface area (Å²) in [5, 5.41) is 11.2. The number of benzene rings is 2. The summed E-state index contributed by atoms with van der Waals surface area (Å²) in [7, 11) is -7.38. The van der Waals surface area contributed by atoms with Crippen LogP contribution in [0.3, 0.4) is 0 Å². The number of rotatable bonds is 4. The lowest BCUT2D eigenvalue weighted by molar-refractivity contribution is 0.0730. The second-order valence-corrected chi connectivity index (χ2v) is 9.36. The topological polar surface area (TPSA) is 113 Å². The number of hydrogen-bond donors (Lipinski definition) is 2. The maximum Gasteiger partial charge on any atom is 0.246 e. The summed E-state index contributed by atoms with van der Waals surface area (Å²) >= 11 is 0. The number of phenols is 1. The van der Waals surface area contributed by atoms with Gasteiger partial charge in [-0.3, -0.25) is 4.72 Å². The van der Waals surface area contributed by atoms with E-state index in [0.29, 0.717) is 18.6 Å². The molecule has 0 radical (unpaired) electrons. The van der Waals surface area contributed by atoms with Gasteiger partial charge in [0.25, 0.3) is 0 Å². The second kappa shape index (κ2) is 6.45. The van der Waals surface area contributed by atoms with Crippen molar-refractivity contribution in [2.45, 2.75) is 4.90 Å². The van der Waals surface area contributed by atoms with Gasteiger partial charge in [-0.15, -0.1) is 0 Å². The van der Waals surface area contributed by atoms with Gasteiger partial charge < -0.3 is 9.84 Å². The fourth-order valence-electron chi connectivity index (χ4n) is 2.74. The molecule has 1 heterocycles. The number of phenolic OH excluding ortho intramolecular Hbond substituents is 1. The van der Waals surface area contributed by atoms with Crippen molar-refractivity contribution in [1.29, 1.82) is 0 Å². The van der Waals surface area contributed by atoms with Crippen LogP contribution in [0.25, 0.3) is 10.8 Å². The first-order chi connectivity index (χ1) is 11.7. The molecule has 2 N–H and O–H groups in total. The van der Waals surface area contributed by atoms with Crippen LogP contribution in [-0.4, -0.2) is 58.8 Å². The largest absolute Gasteiger partial charge is 0.506 e. The molecule has 1 aliphatic rings. The highest BCUT2D eigenvalue weighted by molar-refractivity contribution is 7.92. The Kier molecular flexibility index (Phi) is 4.62. The molecule has 8 nitrogen and oxygen atoms in total. The fourth-order valence-corrected chi connectivity index (χ4v) is 4.82. The van der Waals surface area contributed by atoms with E-state index in [0.717, 1.165) is 6.26 Å². The summed E-state index contributed by atoms with van der Waals surface area (Å²) in [4.78, 5) is -0.210. The summed E-state index contributed by atoms with van der Waals surface area (Å²) in [5.74, 6) is -0.402. The van der Waals surface area contributed by atoms with Gasteiger partial charge in [0.15, 0.2) is 0 Å². The third-order valence-corrected chi connectivity index (χ3v) is 6.40. The first-order valence-corrected chi connectivity index (χ1v) is 10.8. The lowest BCUT2D eigenvalue weighted by Crippen LogP contribution is -2.40. The molecule has 0 saturated carbocycles. The quantitative estimate of drug-likeness (QED) is 0.808. The zero-order valence-electron chi connectivity index (χ0n) is 13.5. The van der Waals surface area contributed by atoms with E-state index in [4.69, 9.17) is 4.74 Å². The molecule has 0 aromatic heterocycles. The first kappa shape index (κ1) is 17.9. The van der Waals surface area contributed by atoms with Crippen LogP contribution in [0.15, 0.2) is 35.2 Å². The van der Waals surface area contributed by atoms with Gasteiger partial charge in [-0.25, -0.2) is 16.8 Å². The van der Waals surface area contributed by atoms with Gasteiger partial charge in [-0.1, -0.05) is 18.2 Å². The van der Waals surface area contributed by atoms with E-state index in [9.17, 15) is 21.9 Å². The average molecular weight is 386 g/mol. The maximum absolute atomic E-state index is 12.8. The highest BCUT2D eigenvalue weighted by Gasteiger charge is 2.29. The Hall–Kier alpha value is -1.88. The van der Waals surface area contributed by atoms with Crippen LogP contribution in [0.5, 0.6) is 5.75 Å². The molecule has 1 fully saturated rings. The standard InChI is InChI=1S/C15H18N2O6S2/c1-24(19,20)16-13-4-2-3-12-11(13)5-6-14(15(12)18)25(21,22)17-7-9-23-10-8-17/h2-6,16,18H,7-10H2,1H3. The van der Waals surface area contributed by atoms with Crippen molar-refractivity contribution >= 4 is 36.5 Å². The van der Waals surface area contributed by atoms with Crippen LogP contribution in [0.1, 0.15) is 0 Å². The average Bonchev–Trinajstić information content (AvgIpc) is 2.55. The number of fused-ring (bicyclic) bond motifs is 1. The van der Waals surface area contributed by atoms with Crippen LogP contribution in [0.4, 0.5) is 5.69 Å². The maximum atomic E-state index is 12.8. The van der Waals surface area contributed by atoms with Crippen LogP contribution >= 0.6 is 0 Å². The second-order valence-electron chi connectivity index (χ2n) is 5.70. The van der Waals surface area contributed by atoms with Crippen LogP contribution in [0.2, 0.25) is 0 Å². The molecular weight excluding hydrogens is 368 g/mol. The molecule has 10 heteroatoms. The number of ether oxygens (including phenoxy) is 1. The Morgan fingerprint density at radius 2 is 1.72 bits per heavy atom. The van der Waals surface area contributed by atoms with Gasteiger partial charge in [-0.05, 0) is 12.1 Å². The lowest BCUT2D eigenvalue weighted by atomic mass is 10.1. The van der Waals surface area contributed by atoms with Gasteiger partial charge in [0.05, 0.1) is 25.2 Å². The minimum Gasteiger partial charge on any atom is -0.506 e. The third kappa shape index (κ3) is 3.56. The molecular formula is C15H18N2O6S2. The Morgan fingerprint density at radius 1 is 1.04 bits per heavy atom. The Balaban J connectivity index is 2.12. The molecule has 0 bridgehead atoms. The Labute approximate surface area is 146 Å². The van der Waals surface area contributed by atoms with Crippen LogP contribution in [0, 0.1) is 0 Å². The van der Waals surface area contributed by atoms with E-state index in [1.807, 2.05) is 0 Å². The van der Waals surface area contributed by atoms with Gasteiger partial charge in [0, 0.05) is 23.9 Å². The minimum absolute atomic E-state index is 0.210. The van der Waals surface area contributed by atoms with Crippen molar-refractivity contribution in [3.05, 3.63) is 30.3 Å². The predicted octanol–water partition coefficient (Wildman–Crippen LogP) is 0.938. The number of nitrogens with zero attached hydrogens (tertiary/aromatic N) is 1.